The second-order valence-corrected chi connectivity index (χ2v) is 20.3. The van der Waals surface area contributed by atoms with Crippen molar-refractivity contribution in [3.05, 3.63) is 288 Å². The van der Waals surface area contributed by atoms with Crippen molar-refractivity contribution in [2.24, 2.45) is 0 Å². The Labute approximate surface area is 424 Å². The van der Waals surface area contributed by atoms with Gasteiger partial charge in [-0.25, -0.2) is 0 Å². The van der Waals surface area contributed by atoms with Gasteiger partial charge in [0.1, 0.15) is 11.2 Å². The number of furan rings is 1. The molecule has 0 atom stereocenters. The first-order valence-electron chi connectivity index (χ1n) is 25.4. The minimum atomic E-state index is -0.562. The van der Waals surface area contributed by atoms with Crippen LogP contribution in [0.1, 0.15) is 47.2 Å². The number of hydrogen-bond donors (Lipinski definition) is 0. The van der Waals surface area contributed by atoms with E-state index < -0.39 is 5.41 Å². The smallest absolute Gasteiger partial charge is 0.135 e. The average molecular weight is 933 g/mol. The van der Waals surface area contributed by atoms with Crippen LogP contribution in [0.25, 0.3) is 82.8 Å². The molecule has 13 aromatic rings. The SMILES string of the molecule is CC1(C)c2cc(N(c3cccc(C4(c5ccccc5)c5ccccc5-c5ccccc54)c3)c3ccccc3-c3ccc4oc5ccccc5c4c3)ccc2-c2ccc3c4ccccc4n(-c4ccccc4)c3c21. The zero-order chi connectivity index (χ0) is 48.4. The Bertz CT molecular complexity index is 4320. The zero-order valence-corrected chi connectivity index (χ0v) is 40.6. The highest BCUT2D eigenvalue weighted by Crippen LogP contribution is 2.58. The molecule has 0 aliphatic heterocycles. The molecule has 3 nitrogen and oxygen atoms in total. The summed E-state index contributed by atoms with van der Waals surface area (Å²) in [6.45, 7) is 4.85. The molecule has 2 heterocycles. The maximum atomic E-state index is 6.37. The van der Waals surface area contributed by atoms with Crippen LogP contribution in [0.5, 0.6) is 0 Å². The maximum absolute atomic E-state index is 6.37. The van der Waals surface area contributed by atoms with Crippen LogP contribution in [0.3, 0.4) is 0 Å². The van der Waals surface area contributed by atoms with Crippen molar-refractivity contribution in [3.8, 4) is 39.1 Å². The van der Waals surface area contributed by atoms with Crippen LogP contribution >= 0.6 is 0 Å². The lowest BCUT2D eigenvalue weighted by atomic mass is 9.67. The van der Waals surface area contributed by atoms with Gasteiger partial charge in [0, 0.05) is 49.6 Å². The van der Waals surface area contributed by atoms with Gasteiger partial charge in [-0.3, -0.25) is 0 Å². The van der Waals surface area contributed by atoms with Crippen molar-refractivity contribution in [1.82, 2.24) is 4.57 Å². The number of rotatable bonds is 7. The molecule has 0 N–H and O–H groups in total. The molecule has 344 valence electrons. The molecule has 2 aliphatic carbocycles. The first-order valence-corrected chi connectivity index (χ1v) is 25.4. The summed E-state index contributed by atoms with van der Waals surface area (Å²) in [7, 11) is 0. The second-order valence-electron chi connectivity index (χ2n) is 20.3. The van der Waals surface area contributed by atoms with E-state index in [2.05, 4.69) is 272 Å². The third-order valence-electron chi connectivity index (χ3n) is 16.2. The van der Waals surface area contributed by atoms with E-state index in [1.54, 1.807) is 0 Å². The van der Waals surface area contributed by atoms with Gasteiger partial charge in [0.05, 0.1) is 22.1 Å². The first kappa shape index (κ1) is 41.6. The molecule has 11 aromatic carbocycles. The lowest BCUT2D eigenvalue weighted by Crippen LogP contribution is -2.28. The highest BCUT2D eigenvalue weighted by molar-refractivity contribution is 6.13. The fraction of sp³-hybridized carbons (Fsp3) is 0.0571. The molecule has 0 bridgehead atoms. The third-order valence-corrected chi connectivity index (χ3v) is 16.2. The number of benzene rings is 11. The monoisotopic (exact) mass is 932 g/mol. The Morgan fingerprint density at radius 3 is 1.78 bits per heavy atom. The first-order chi connectivity index (χ1) is 36.0. The Morgan fingerprint density at radius 1 is 0.384 bits per heavy atom. The molecule has 0 unspecified atom stereocenters. The molecular weight excluding hydrogens is 885 g/mol. The van der Waals surface area contributed by atoms with Crippen LogP contribution in [0.4, 0.5) is 17.1 Å². The van der Waals surface area contributed by atoms with E-state index in [4.69, 9.17) is 4.42 Å². The summed E-state index contributed by atoms with van der Waals surface area (Å²) in [6, 6.07) is 94.1. The van der Waals surface area contributed by atoms with Gasteiger partial charge in [0.25, 0.3) is 0 Å². The number of hydrogen-bond acceptors (Lipinski definition) is 2. The van der Waals surface area contributed by atoms with Crippen molar-refractivity contribution < 1.29 is 4.42 Å². The van der Waals surface area contributed by atoms with Gasteiger partial charge in [0.2, 0.25) is 0 Å². The van der Waals surface area contributed by atoms with Crippen molar-refractivity contribution in [1.29, 1.82) is 0 Å². The predicted octanol–water partition coefficient (Wildman–Crippen LogP) is 18.5. The molecule has 15 rings (SSSR count). The molecule has 0 saturated heterocycles. The Morgan fingerprint density at radius 2 is 0.986 bits per heavy atom. The fourth-order valence-corrected chi connectivity index (χ4v) is 13.1. The van der Waals surface area contributed by atoms with Gasteiger partial charge in [-0.15, -0.1) is 0 Å². The van der Waals surface area contributed by atoms with E-state index in [9.17, 15) is 0 Å². The van der Waals surface area contributed by atoms with Crippen molar-refractivity contribution in [2.45, 2.75) is 24.7 Å². The van der Waals surface area contributed by atoms with Gasteiger partial charge in [0.15, 0.2) is 0 Å². The van der Waals surface area contributed by atoms with E-state index in [-0.39, 0.29) is 5.41 Å². The highest BCUT2D eigenvalue weighted by Gasteiger charge is 2.46. The van der Waals surface area contributed by atoms with Gasteiger partial charge in [-0.1, -0.05) is 202 Å². The average Bonchev–Trinajstić information content (AvgIpc) is 4.16. The van der Waals surface area contributed by atoms with Crippen LogP contribution in [-0.4, -0.2) is 4.57 Å². The molecule has 0 amide bonds. The van der Waals surface area contributed by atoms with Gasteiger partial charge in [-0.05, 0) is 128 Å². The standard InChI is InChI=1S/C70H48N2O/c1-69(2)62-44-50(37-38-54(62)57-39-40-58-55-29-12-17-34-64(55)72(68(58)67(57)69)48-23-7-4-8-24-48)71(63-33-16-11-26-51(63)45-36-41-66-59(42-45)56-30-13-18-35-65(56)73-66)49-25-19-22-47(43-49)70(46-20-5-3-6-21-46)60-31-14-9-27-52(60)53-28-10-15-32-61(53)70/h3-44H,1-2H3. The summed E-state index contributed by atoms with van der Waals surface area (Å²) in [5.41, 5.74) is 22.9. The molecule has 0 fully saturated rings. The number of para-hydroxylation sites is 4. The van der Waals surface area contributed by atoms with Crippen LogP contribution in [0, 0.1) is 0 Å². The molecular formula is C70H48N2O. The molecule has 3 heteroatoms. The summed E-state index contributed by atoms with van der Waals surface area (Å²) >= 11 is 0. The third kappa shape index (κ3) is 5.88. The molecule has 0 saturated carbocycles. The minimum Gasteiger partial charge on any atom is -0.456 e. The molecule has 73 heavy (non-hydrogen) atoms. The summed E-state index contributed by atoms with van der Waals surface area (Å²) in [5, 5.41) is 4.76. The Balaban J connectivity index is 0.976. The van der Waals surface area contributed by atoms with Crippen molar-refractivity contribution in [2.75, 3.05) is 4.90 Å². The van der Waals surface area contributed by atoms with E-state index >= 15 is 0 Å². The van der Waals surface area contributed by atoms with Crippen LogP contribution in [-0.2, 0) is 10.8 Å². The number of nitrogens with zero attached hydrogens (tertiary/aromatic N) is 2. The van der Waals surface area contributed by atoms with Crippen LogP contribution in [0.15, 0.2) is 259 Å². The van der Waals surface area contributed by atoms with Crippen LogP contribution < -0.4 is 4.90 Å². The van der Waals surface area contributed by atoms with Crippen LogP contribution in [0.2, 0.25) is 0 Å². The molecule has 2 aliphatic rings. The van der Waals surface area contributed by atoms with Gasteiger partial charge >= 0.3 is 0 Å². The lowest BCUT2D eigenvalue weighted by molar-refractivity contribution is 0.664. The minimum absolute atomic E-state index is 0.351. The Kier molecular flexibility index (Phi) is 8.92. The van der Waals surface area contributed by atoms with E-state index in [0.29, 0.717) is 0 Å². The van der Waals surface area contributed by atoms with Gasteiger partial charge in [-0.2, -0.15) is 0 Å². The lowest BCUT2D eigenvalue weighted by Gasteiger charge is -2.35. The molecule has 2 aromatic heterocycles. The summed E-state index contributed by atoms with van der Waals surface area (Å²) in [5.74, 6) is 0. The number of aromatic nitrogens is 1. The van der Waals surface area contributed by atoms with E-state index in [0.717, 1.165) is 50.1 Å². The fourth-order valence-electron chi connectivity index (χ4n) is 13.1. The van der Waals surface area contributed by atoms with Crippen molar-refractivity contribution in [3.63, 3.8) is 0 Å². The predicted molar refractivity (Wildman–Crippen MR) is 303 cm³/mol. The summed E-state index contributed by atoms with van der Waals surface area (Å²) < 4.78 is 8.86. The topological polar surface area (TPSA) is 21.3 Å². The Hall–Kier alpha value is -9.18. The van der Waals surface area contributed by atoms with Crippen molar-refractivity contribution >= 4 is 60.8 Å². The highest BCUT2D eigenvalue weighted by atomic mass is 16.3. The van der Waals surface area contributed by atoms with E-state index in [1.165, 1.54) is 83.1 Å². The molecule has 0 spiro atoms. The molecule has 0 radical (unpaired) electrons. The summed E-state index contributed by atoms with van der Waals surface area (Å²) in [4.78, 5) is 2.51. The van der Waals surface area contributed by atoms with E-state index in [1.807, 2.05) is 6.07 Å². The van der Waals surface area contributed by atoms with Gasteiger partial charge < -0.3 is 13.9 Å². The quantitative estimate of drug-likeness (QED) is 0.159. The zero-order valence-electron chi connectivity index (χ0n) is 40.6. The largest absolute Gasteiger partial charge is 0.456 e. The number of fused-ring (bicyclic) bond motifs is 13. The maximum Gasteiger partial charge on any atom is 0.135 e. The normalized spacial score (nSPS) is 13.8. The second kappa shape index (κ2) is 15.7. The number of anilines is 3. The summed E-state index contributed by atoms with van der Waals surface area (Å²) in [6.07, 6.45) is 0.